The van der Waals surface area contributed by atoms with Gasteiger partial charge < -0.3 is 9.64 Å². The molecule has 4 atom stereocenters. The second-order valence-electron chi connectivity index (χ2n) is 8.59. The highest BCUT2D eigenvalue weighted by molar-refractivity contribution is 8.13. The van der Waals surface area contributed by atoms with E-state index in [4.69, 9.17) is 4.74 Å². The van der Waals surface area contributed by atoms with Crippen molar-refractivity contribution in [3.8, 4) is 0 Å². The summed E-state index contributed by atoms with van der Waals surface area (Å²) in [6, 6.07) is 18.7. The van der Waals surface area contributed by atoms with Crippen LogP contribution in [0.25, 0.3) is 0 Å². The van der Waals surface area contributed by atoms with E-state index in [1.807, 2.05) is 71.8 Å². The van der Waals surface area contributed by atoms with Crippen LogP contribution in [0.1, 0.15) is 11.1 Å². The van der Waals surface area contributed by atoms with E-state index in [2.05, 4.69) is 4.99 Å². The van der Waals surface area contributed by atoms with Crippen molar-refractivity contribution in [1.82, 2.24) is 9.80 Å². The van der Waals surface area contributed by atoms with Crippen LogP contribution >= 0.6 is 11.8 Å². The van der Waals surface area contributed by atoms with Crippen molar-refractivity contribution >= 4 is 34.7 Å². The fraction of sp³-hybridized carbons (Fsp3) is 0.360. The molecule has 2 saturated heterocycles. The second kappa shape index (κ2) is 8.33. The van der Waals surface area contributed by atoms with E-state index in [9.17, 15) is 14.4 Å². The van der Waals surface area contributed by atoms with Crippen LogP contribution in [0.15, 0.2) is 65.7 Å². The minimum atomic E-state index is -1.33. The molecule has 2 fully saturated rings. The Morgan fingerprint density at radius 2 is 1.70 bits per heavy atom. The largest absolute Gasteiger partial charge is 0.467 e. The van der Waals surface area contributed by atoms with Gasteiger partial charge >= 0.3 is 5.97 Å². The lowest BCUT2D eigenvalue weighted by Crippen LogP contribution is -2.61. The summed E-state index contributed by atoms with van der Waals surface area (Å²) < 4.78 is 5.33. The maximum Gasteiger partial charge on any atom is 0.333 e. The highest BCUT2D eigenvalue weighted by atomic mass is 32.2. The number of rotatable bonds is 5. The lowest BCUT2D eigenvalue weighted by Gasteiger charge is -2.40. The predicted octanol–water partition coefficient (Wildman–Crippen LogP) is 2.36. The predicted molar refractivity (Wildman–Crippen MR) is 125 cm³/mol. The highest BCUT2D eigenvalue weighted by Gasteiger charge is 2.73. The van der Waals surface area contributed by atoms with E-state index in [0.717, 1.165) is 11.1 Å². The third-order valence-corrected chi connectivity index (χ3v) is 7.66. The number of carbonyl (C=O) groups is 3. The average Bonchev–Trinajstić information content (AvgIpc) is 3.47. The fourth-order valence-corrected chi connectivity index (χ4v) is 6.36. The number of methoxy groups -OCH3 is 1. The zero-order valence-electron chi connectivity index (χ0n) is 18.5. The fourth-order valence-electron chi connectivity index (χ4n) is 5.66. The SMILES string of the molecule is COC(=O)[C@@]1(Cc2ccccc2)[C@H]2C(=O)N(Cc3ccccc3)C(=O)[C@H]2[C@H]2CN=C(SC)N21. The number of imide groups is 1. The van der Waals surface area contributed by atoms with Gasteiger partial charge in [-0.05, 0) is 17.4 Å². The average molecular weight is 464 g/mol. The number of hydrogen-bond donors (Lipinski definition) is 0. The number of amidine groups is 1. The van der Waals surface area contributed by atoms with Crippen molar-refractivity contribution < 1.29 is 19.1 Å². The first-order valence-corrected chi connectivity index (χ1v) is 12.1. The third-order valence-electron chi connectivity index (χ3n) is 6.97. The van der Waals surface area contributed by atoms with E-state index < -0.39 is 23.3 Å². The van der Waals surface area contributed by atoms with Gasteiger partial charge in [-0.25, -0.2) is 4.79 Å². The molecule has 3 heterocycles. The van der Waals surface area contributed by atoms with Crippen molar-refractivity contribution in [2.45, 2.75) is 24.5 Å². The maximum atomic E-state index is 13.9. The Morgan fingerprint density at radius 3 is 2.30 bits per heavy atom. The van der Waals surface area contributed by atoms with Gasteiger partial charge in [0, 0.05) is 6.42 Å². The monoisotopic (exact) mass is 463 g/mol. The van der Waals surface area contributed by atoms with E-state index in [1.54, 1.807) is 0 Å². The molecule has 2 amide bonds. The van der Waals surface area contributed by atoms with E-state index in [0.29, 0.717) is 11.7 Å². The first-order valence-electron chi connectivity index (χ1n) is 10.9. The summed E-state index contributed by atoms with van der Waals surface area (Å²) in [5.74, 6) is -2.53. The standard InChI is InChI=1S/C25H25N3O4S/c1-32-23(31)25(13-16-9-5-3-6-10-16)20-19(18-14-26-24(33-2)28(18)25)21(29)27(22(20)30)15-17-11-7-4-8-12-17/h3-12,18-20H,13-15H2,1-2H3/t18-,19+,20-,25-/m1/s1. The minimum absolute atomic E-state index is 0.192. The summed E-state index contributed by atoms with van der Waals surface area (Å²) in [6.45, 7) is 0.570. The van der Waals surface area contributed by atoms with Crippen molar-refractivity contribution in [2.75, 3.05) is 19.9 Å². The van der Waals surface area contributed by atoms with Crippen LogP contribution in [0.3, 0.4) is 0 Å². The van der Waals surface area contributed by atoms with Crippen LogP contribution in [0, 0.1) is 11.8 Å². The van der Waals surface area contributed by atoms with Gasteiger partial charge in [0.1, 0.15) is 0 Å². The maximum absolute atomic E-state index is 13.9. The molecule has 0 aliphatic carbocycles. The number of carbonyl (C=O) groups excluding carboxylic acids is 3. The summed E-state index contributed by atoms with van der Waals surface area (Å²) in [5.41, 5.74) is 0.439. The van der Waals surface area contributed by atoms with E-state index in [-0.39, 0.29) is 30.8 Å². The van der Waals surface area contributed by atoms with Crippen LogP contribution in [0.4, 0.5) is 0 Å². The number of benzene rings is 2. The third kappa shape index (κ3) is 3.19. The molecule has 0 bridgehead atoms. The lowest BCUT2D eigenvalue weighted by molar-refractivity contribution is -0.158. The number of nitrogens with zero attached hydrogens (tertiary/aromatic N) is 3. The Bertz CT molecular complexity index is 1120. The van der Waals surface area contributed by atoms with Gasteiger partial charge in [-0.15, -0.1) is 0 Å². The number of hydrogen-bond acceptors (Lipinski definition) is 7. The lowest BCUT2D eigenvalue weighted by atomic mass is 9.76. The van der Waals surface area contributed by atoms with Crippen LogP contribution in [0.2, 0.25) is 0 Å². The molecule has 0 N–H and O–H groups in total. The first-order chi connectivity index (χ1) is 16.0. The molecule has 2 aromatic carbocycles. The van der Waals surface area contributed by atoms with Crippen LogP contribution in [-0.4, -0.2) is 64.2 Å². The summed E-state index contributed by atoms with van der Waals surface area (Å²) in [4.78, 5) is 49.0. The number of thioether (sulfide) groups is 1. The number of fused-ring (bicyclic) bond motifs is 3. The molecule has 2 aromatic rings. The summed E-state index contributed by atoms with van der Waals surface area (Å²) >= 11 is 1.43. The summed E-state index contributed by atoms with van der Waals surface area (Å²) in [6.07, 6.45) is 2.15. The number of likely N-dealkylation sites (tertiary alicyclic amines) is 1. The Balaban J connectivity index is 1.63. The molecule has 170 valence electrons. The van der Waals surface area contributed by atoms with Gasteiger partial charge in [0.2, 0.25) is 11.8 Å². The first kappa shape index (κ1) is 21.7. The van der Waals surface area contributed by atoms with Crippen LogP contribution in [-0.2, 0) is 32.1 Å². The van der Waals surface area contributed by atoms with Crippen LogP contribution in [0.5, 0.6) is 0 Å². The molecule has 0 spiro atoms. The molecule has 0 aromatic heterocycles. The molecule has 3 aliphatic rings. The summed E-state index contributed by atoms with van der Waals surface area (Å²) in [5, 5.41) is 0.672. The number of esters is 1. The molecule has 7 nitrogen and oxygen atoms in total. The van der Waals surface area contributed by atoms with Gasteiger partial charge in [0.25, 0.3) is 0 Å². The molecule has 3 aliphatic heterocycles. The van der Waals surface area contributed by atoms with Crippen molar-refractivity contribution in [2.24, 2.45) is 16.8 Å². The van der Waals surface area contributed by atoms with E-state index in [1.165, 1.54) is 23.8 Å². The summed E-state index contributed by atoms with van der Waals surface area (Å²) in [7, 11) is 1.34. The van der Waals surface area contributed by atoms with Gasteiger partial charge in [-0.1, -0.05) is 72.4 Å². The van der Waals surface area contributed by atoms with Crippen molar-refractivity contribution in [3.63, 3.8) is 0 Å². The molecule has 0 saturated carbocycles. The minimum Gasteiger partial charge on any atom is -0.467 e. The molecule has 8 heteroatoms. The highest BCUT2D eigenvalue weighted by Crippen LogP contribution is 2.53. The Kier molecular flexibility index (Phi) is 5.48. The zero-order valence-corrected chi connectivity index (χ0v) is 19.3. The Labute approximate surface area is 196 Å². The molecular formula is C25H25N3O4S. The van der Waals surface area contributed by atoms with Gasteiger partial charge in [0.15, 0.2) is 10.7 Å². The molecular weight excluding hydrogens is 438 g/mol. The number of ether oxygens (including phenoxy) is 1. The zero-order chi connectivity index (χ0) is 23.2. The molecule has 0 radical (unpaired) electrons. The van der Waals surface area contributed by atoms with Crippen LogP contribution < -0.4 is 0 Å². The molecule has 0 unspecified atom stereocenters. The van der Waals surface area contributed by atoms with Crippen molar-refractivity contribution in [1.29, 1.82) is 0 Å². The van der Waals surface area contributed by atoms with Gasteiger partial charge in [-0.2, -0.15) is 0 Å². The van der Waals surface area contributed by atoms with Crippen molar-refractivity contribution in [3.05, 3.63) is 71.8 Å². The smallest absolute Gasteiger partial charge is 0.333 e. The number of amides is 2. The Morgan fingerprint density at radius 1 is 1.06 bits per heavy atom. The second-order valence-corrected chi connectivity index (χ2v) is 9.37. The quantitative estimate of drug-likeness (QED) is 0.500. The molecule has 5 rings (SSSR count). The topological polar surface area (TPSA) is 79.3 Å². The van der Waals surface area contributed by atoms with Gasteiger partial charge in [-0.3, -0.25) is 19.5 Å². The molecule has 33 heavy (non-hydrogen) atoms. The normalized spacial score (nSPS) is 28.1. The van der Waals surface area contributed by atoms with E-state index >= 15 is 0 Å². The number of aliphatic imine (C=N–C) groups is 1. The Hall–Kier alpha value is -3.13. The van der Waals surface area contributed by atoms with Gasteiger partial charge in [0.05, 0.1) is 38.1 Å².